The van der Waals surface area contributed by atoms with Gasteiger partial charge in [-0.05, 0) is 44.0 Å². The van der Waals surface area contributed by atoms with Crippen LogP contribution in [0.2, 0.25) is 0 Å². The zero-order valence-corrected chi connectivity index (χ0v) is 13.6. The molecule has 0 spiro atoms. The Morgan fingerprint density at radius 2 is 2.24 bits per heavy atom. The highest BCUT2D eigenvalue weighted by Gasteiger charge is 2.21. The number of hydrogen-bond donors (Lipinski definition) is 2. The molecule has 0 aliphatic rings. The molecule has 1 atom stereocenters. The van der Waals surface area contributed by atoms with Crippen molar-refractivity contribution >= 4 is 21.4 Å². The van der Waals surface area contributed by atoms with Crippen molar-refractivity contribution in [2.75, 3.05) is 0 Å². The van der Waals surface area contributed by atoms with Crippen molar-refractivity contribution in [1.29, 1.82) is 0 Å². The predicted molar refractivity (Wildman–Crippen MR) is 81.8 cm³/mol. The van der Waals surface area contributed by atoms with Gasteiger partial charge in [0.2, 0.25) is 10.0 Å². The lowest BCUT2D eigenvalue weighted by Gasteiger charge is -2.12. The molecule has 2 rings (SSSR count). The highest BCUT2D eigenvalue weighted by Crippen LogP contribution is 2.26. The van der Waals surface area contributed by atoms with Gasteiger partial charge in [-0.15, -0.1) is 11.3 Å². The van der Waals surface area contributed by atoms with E-state index in [4.69, 9.17) is 9.52 Å². The van der Waals surface area contributed by atoms with Gasteiger partial charge in [0.1, 0.15) is 9.97 Å². The molecule has 0 saturated heterocycles. The third kappa shape index (κ3) is 4.16. The fourth-order valence-corrected chi connectivity index (χ4v) is 4.72. The van der Waals surface area contributed by atoms with Crippen LogP contribution >= 0.6 is 11.3 Å². The van der Waals surface area contributed by atoms with Crippen molar-refractivity contribution in [3.63, 3.8) is 0 Å². The maximum Gasteiger partial charge on any atom is 0.250 e. The van der Waals surface area contributed by atoms with E-state index in [1.54, 1.807) is 19.3 Å². The predicted octanol–water partition coefficient (Wildman–Crippen LogP) is 2.44. The number of furan rings is 1. The van der Waals surface area contributed by atoms with Crippen LogP contribution in [0, 0.1) is 6.92 Å². The van der Waals surface area contributed by atoms with Gasteiger partial charge in [0.15, 0.2) is 0 Å². The first-order chi connectivity index (χ1) is 9.92. The van der Waals surface area contributed by atoms with E-state index in [-0.39, 0.29) is 16.9 Å². The molecule has 0 aliphatic carbocycles. The number of aliphatic hydroxyl groups excluding tert-OH is 1. The van der Waals surface area contributed by atoms with Crippen LogP contribution < -0.4 is 4.72 Å². The van der Waals surface area contributed by atoms with Crippen molar-refractivity contribution < 1.29 is 17.9 Å². The lowest BCUT2D eigenvalue weighted by molar-refractivity contribution is 0.285. The summed E-state index contributed by atoms with van der Waals surface area (Å²) in [5, 5.41) is 9.15. The Labute approximate surface area is 128 Å². The SMILES string of the molecule is Cc1cc(S(=O)(=O)NC(C)CCc2ccco2)sc1CO. The van der Waals surface area contributed by atoms with Gasteiger partial charge in [-0.3, -0.25) is 0 Å². The highest BCUT2D eigenvalue weighted by atomic mass is 32.2. The molecule has 2 aromatic heterocycles. The average molecular weight is 329 g/mol. The monoisotopic (exact) mass is 329 g/mol. The van der Waals surface area contributed by atoms with Crippen molar-refractivity contribution in [2.24, 2.45) is 0 Å². The molecule has 2 N–H and O–H groups in total. The van der Waals surface area contributed by atoms with Gasteiger partial charge in [-0.25, -0.2) is 13.1 Å². The molecule has 0 saturated carbocycles. The van der Waals surface area contributed by atoms with E-state index in [0.29, 0.717) is 17.7 Å². The minimum atomic E-state index is -3.54. The Morgan fingerprint density at radius 1 is 1.48 bits per heavy atom. The second-order valence-corrected chi connectivity index (χ2v) is 8.05. The van der Waals surface area contributed by atoms with Crippen molar-refractivity contribution in [2.45, 2.75) is 43.5 Å². The summed E-state index contributed by atoms with van der Waals surface area (Å²) in [6.07, 6.45) is 2.95. The van der Waals surface area contributed by atoms with Gasteiger partial charge in [-0.2, -0.15) is 0 Å². The number of hydrogen-bond acceptors (Lipinski definition) is 5. The van der Waals surface area contributed by atoms with E-state index in [1.165, 1.54) is 0 Å². The number of thiophene rings is 1. The minimum absolute atomic E-state index is 0.139. The van der Waals surface area contributed by atoms with E-state index in [0.717, 1.165) is 22.7 Å². The molecule has 0 fully saturated rings. The molecule has 116 valence electrons. The van der Waals surface area contributed by atoms with Crippen LogP contribution in [-0.2, 0) is 23.1 Å². The highest BCUT2D eigenvalue weighted by molar-refractivity contribution is 7.91. The molecule has 1 unspecified atom stereocenters. The summed E-state index contributed by atoms with van der Waals surface area (Å²) in [6, 6.07) is 5.09. The van der Waals surface area contributed by atoms with Gasteiger partial charge < -0.3 is 9.52 Å². The number of sulfonamides is 1. The second-order valence-electron chi connectivity index (χ2n) is 4.97. The van der Waals surface area contributed by atoms with E-state index >= 15 is 0 Å². The third-order valence-corrected chi connectivity index (χ3v) is 6.45. The Hall–Kier alpha value is -1.15. The van der Waals surface area contributed by atoms with E-state index in [9.17, 15) is 8.42 Å². The van der Waals surface area contributed by atoms with E-state index in [2.05, 4.69) is 4.72 Å². The summed E-state index contributed by atoms with van der Waals surface area (Å²) in [5.41, 5.74) is 0.797. The van der Waals surface area contributed by atoms with Gasteiger partial charge in [0.05, 0.1) is 12.9 Å². The number of aliphatic hydroxyl groups is 1. The first-order valence-corrected chi connectivity index (χ1v) is 8.97. The summed E-state index contributed by atoms with van der Waals surface area (Å²) < 4.78 is 32.7. The molecule has 7 heteroatoms. The van der Waals surface area contributed by atoms with Crippen LogP contribution in [0.25, 0.3) is 0 Å². The summed E-state index contributed by atoms with van der Waals surface area (Å²) in [5.74, 6) is 0.843. The lowest BCUT2D eigenvalue weighted by Crippen LogP contribution is -2.32. The molecule has 2 aromatic rings. The van der Waals surface area contributed by atoms with E-state index < -0.39 is 10.0 Å². The molecule has 0 aliphatic heterocycles. The molecule has 0 bridgehead atoms. The quantitative estimate of drug-likeness (QED) is 0.818. The zero-order valence-electron chi connectivity index (χ0n) is 12.0. The first kappa shape index (κ1) is 16.2. The van der Waals surface area contributed by atoms with Crippen molar-refractivity contribution in [3.05, 3.63) is 40.7 Å². The van der Waals surface area contributed by atoms with Crippen molar-refractivity contribution in [1.82, 2.24) is 4.72 Å². The topological polar surface area (TPSA) is 79.5 Å². The van der Waals surface area contributed by atoms with Gasteiger partial charge in [-0.1, -0.05) is 0 Å². The first-order valence-electron chi connectivity index (χ1n) is 6.67. The van der Waals surface area contributed by atoms with Crippen LogP contribution in [0.5, 0.6) is 0 Å². The smallest absolute Gasteiger partial charge is 0.250 e. The lowest BCUT2D eigenvalue weighted by atomic mass is 10.2. The molecule has 5 nitrogen and oxygen atoms in total. The average Bonchev–Trinajstić information content (AvgIpc) is 3.05. The molecule has 2 heterocycles. The fraction of sp³-hybridized carbons (Fsp3) is 0.429. The number of nitrogens with one attached hydrogen (secondary N) is 1. The largest absolute Gasteiger partial charge is 0.469 e. The maximum absolute atomic E-state index is 12.3. The Balaban J connectivity index is 1.99. The fourth-order valence-electron chi connectivity index (χ4n) is 1.97. The number of aryl methyl sites for hydroxylation is 2. The molecule has 0 aromatic carbocycles. The Bertz CT molecular complexity index is 674. The summed E-state index contributed by atoms with van der Waals surface area (Å²) in [7, 11) is -3.54. The summed E-state index contributed by atoms with van der Waals surface area (Å²) >= 11 is 1.11. The second kappa shape index (κ2) is 6.74. The van der Waals surface area contributed by atoms with Crippen LogP contribution in [-0.4, -0.2) is 19.6 Å². The number of rotatable bonds is 7. The molecule has 0 amide bonds. The Kier molecular flexibility index (Phi) is 5.21. The molecule has 0 radical (unpaired) electrons. The van der Waals surface area contributed by atoms with Crippen LogP contribution in [0.3, 0.4) is 0 Å². The molecular formula is C14H19NO4S2. The standard InChI is InChI=1S/C14H19NO4S2/c1-10-8-14(20-13(10)9-16)21(17,18)15-11(2)5-6-12-4-3-7-19-12/h3-4,7-8,11,15-16H,5-6,9H2,1-2H3. The maximum atomic E-state index is 12.3. The zero-order chi connectivity index (χ0) is 15.5. The van der Waals surface area contributed by atoms with Crippen LogP contribution in [0.1, 0.15) is 29.5 Å². The van der Waals surface area contributed by atoms with Crippen LogP contribution in [0.4, 0.5) is 0 Å². The van der Waals surface area contributed by atoms with Crippen LogP contribution in [0.15, 0.2) is 33.1 Å². The van der Waals surface area contributed by atoms with Gasteiger partial charge in [0.25, 0.3) is 0 Å². The summed E-state index contributed by atoms with van der Waals surface area (Å²) in [4.78, 5) is 0.679. The van der Waals surface area contributed by atoms with E-state index in [1.807, 2.05) is 19.1 Å². The molecule has 21 heavy (non-hydrogen) atoms. The van der Waals surface area contributed by atoms with Crippen molar-refractivity contribution in [3.8, 4) is 0 Å². The normalized spacial score (nSPS) is 13.5. The third-order valence-electron chi connectivity index (χ3n) is 3.17. The van der Waals surface area contributed by atoms with Gasteiger partial charge >= 0.3 is 0 Å². The minimum Gasteiger partial charge on any atom is -0.469 e. The van der Waals surface area contributed by atoms with Gasteiger partial charge in [0, 0.05) is 17.3 Å². The summed E-state index contributed by atoms with van der Waals surface area (Å²) in [6.45, 7) is 3.48. The molecular weight excluding hydrogens is 310 g/mol. The Morgan fingerprint density at radius 3 is 2.81 bits per heavy atom.